The van der Waals surface area contributed by atoms with Crippen LogP contribution in [0.3, 0.4) is 0 Å². The van der Waals surface area contributed by atoms with Gasteiger partial charge in [0, 0.05) is 6.54 Å². The van der Waals surface area contributed by atoms with Crippen molar-refractivity contribution in [3.05, 3.63) is 65.7 Å². The SMILES string of the molecule is CC(C)c1ccccc1O[C@@H](C)C(=O)NCCCc1ccccc1. The highest BCUT2D eigenvalue weighted by atomic mass is 16.5. The molecule has 0 heterocycles. The number of carbonyl (C=O) groups is 1. The number of aryl methyl sites for hydroxylation is 1. The highest BCUT2D eigenvalue weighted by Gasteiger charge is 2.16. The molecule has 0 aliphatic carbocycles. The molecule has 1 atom stereocenters. The van der Waals surface area contributed by atoms with Crippen molar-refractivity contribution in [2.75, 3.05) is 6.54 Å². The quantitative estimate of drug-likeness (QED) is 0.734. The molecule has 2 aromatic rings. The normalized spacial score (nSPS) is 12.0. The summed E-state index contributed by atoms with van der Waals surface area (Å²) in [7, 11) is 0. The van der Waals surface area contributed by atoms with Crippen LogP contribution >= 0.6 is 0 Å². The van der Waals surface area contributed by atoms with Gasteiger partial charge in [0.05, 0.1) is 0 Å². The Morgan fingerprint density at radius 2 is 1.67 bits per heavy atom. The molecule has 0 aromatic heterocycles. The first-order valence-corrected chi connectivity index (χ1v) is 8.65. The van der Waals surface area contributed by atoms with E-state index in [1.165, 1.54) is 5.56 Å². The van der Waals surface area contributed by atoms with Gasteiger partial charge in [-0.05, 0) is 42.9 Å². The number of benzene rings is 2. The van der Waals surface area contributed by atoms with E-state index in [0.29, 0.717) is 12.5 Å². The van der Waals surface area contributed by atoms with Crippen molar-refractivity contribution >= 4 is 5.91 Å². The van der Waals surface area contributed by atoms with Gasteiger partial charge < -0.3 is 10.1 Å². The number of hydrogen-bond acceptors (Lipinski definition) is 2. The average Bonchev–Trinajstić information content (AvgIpc) is 2.59. The zero-order chi connectivity index (χ0) is 17.4. The molecule has 0 aliphatic heterocycles. The Kier molecular flexibility index (Phi) is 6.86. The Morgan fingerprint density at radius 1 is 1.00 bits per heavy atom. The van der Waals surface area contributed by atoms with Crippen LogP contribution < -0.4 is 10.1 Å². The van der Waals surface area contributed by atoms with E-state index in [1.54, 1.807) is 6.92 Å². The predicted molar refractivity (Wildman–Crippen MR) is 98.4 cm³/mol. The lowest BCUT2D eigenvalue weighted by Gasteiger charge is -2.18. The van der Waals surface area contributed by atoms with Crippen LogP contribution in [0, 0.1) is 0 Å². The zero-order valence-electron chi connectivity index (χ0n) is 14.8. The van der Waals surface area contributed by atoms with E-state index in [4.69, 9.17) is 4.74 Å². The molecule has 24 heavy (non-hydrogen) atoms. The van der Waals surface area contributed by atoms with Gasteiger partial charge in [0.2, 0.25) is 0 Å². The highest BCUT2D eigenvalue weighted by molar-refractivity contribution is 5.80. The van der Waals surface area contributed by atoms with Gasteiger partial charge in [-0.25, -0.2) is 0 Å². The molecule has 0 aliphatic rings. The highest BCUT2D eigenvalue weighted by Crippen LogP contribution is 2.26. The molecule has 2 rings (SSSR count). The number of rotatable bonds is 8. The summed E-state index contributed by atoms with van der Waals surface area (Å²) in [5.74, 6) is 1.09. The van der Waals surface area contributed by atoms with E-state index >= 15 is 0 Å². The van der Waals surface area contributed by atoms with Gasteiger partial charge in [-0.2, -0.15) is 0 Å². The van der Waals surface area contributed by atoms with Crippen LogP contribution in [-0.4, -0.2) is 18.6 Å². The summed E-state index contributed by atoms with van der Waals surface area (Å²) in [5, 5.41) is 2.96. The number of para-hydroxylation sites is 1. The van der Waals surface area contributed by atoms with Crippen LogP contribution in [0.25, 0.3) is 0 Å². The minimum atomic E-state index is -0.498. The van der Waals surface area contributed by atoms with Crippen molar-refractivity contribution in [3.8, 4) is 5.75 Å². The molecule has 1 N–H and O–H groups in total. The molecular weight excluding hydrogens is 298 g/mol. The van der Waals surface area contributed by atoms with Gasteiger partial charge in [0.25, 0.3) is 5.91 Å². The van der Waals surface area contributed by atoms with Gasteiger partial charge in [0.15, 0.2) is 6.10 Å². The van der Waals surface area contributed by atoms with Gasteiger partial charge >= 0.3 is 0 Å². The van der Waals surface area contributed by atoms with Crippen molar-refractivity contribution in [1.82, 2.24) is 5.32 Å². The maximum atomic E-state index is 12.2. The average molecular weight is 325 g/mol. The second kappa shape index (κ2) is 9.11. The van der Waals surface area contributed by atoms with Crippen LogP contribution in [0.15, 0.2) is 54.6 Å². The van der Waals surface area contributed by atoms with Crippen molar-refractivity contribution in [1.29, 1.82) is 0 Å². The second-order valence-corrected chi connectivity index (χ2v) is 6.33. The number of amides is 1. The molecule has 0 spiro atoms. The summed E-state index contributed by atoms with van der Waals surface area (Å²) in [6.45, 7) is 6.70. The fourth-order valence-electron chi connectivity index (χ4n) is 2.60. The molecule has 0 saturated carbocycles. The van der Waals surface area contributed by atoms with Crippen LogP contribution in [0.2, 0.25) is 0 Å². The number of ether oxygens (including phenoxy) is 1. The monoisotopic (exact) mass is 325 g/mol. The van der Waals surface area contributed by atoms with Gasteiger partial charge in [-0.15, -0.1) is 0 Å². The Bertz CT molecular complexity index is 637. The smallest absolute Gasteiger partial charge is 0.260 e. The summed E-state index contributed by atoms with van der Waals surface area (Å²) < 4.78 is 5.87. The molecule has 0 fully saturated rings. The number of hydrogen-bond donors (Lipinski definition) is 1. The van der Waals surface area contributed by atoms with E-state index in [1.807, 2.05) is 42.5 Å². The van der Waals surface area contributed by atoms with Gasteiger partial charge in [-0.3, -0.25) is 4.79 Å². The van der Waals surface area contributed by atoms with E-state index in [2.05, 4.69) is 31.3 Å². The number of nitrogens with one attached hydrogen (secondary N) is 1. The third-order valence-electron chi connectivity index (χ3n) is 4.00. The summed E-state index contributed by atoms with van der Waals surface area (Å²) in [4.78, 5) is 12.2. The lowest BCUT2D eigenvalue weighted by molar-refractivity contribution is -0.127. The zero-order valence-corrected chi connectivity index (χ0v) is 14.8. The molecule has 128 valence electrons. The summed E-state index contributed by atoms with van der Waals surface area (Å²) >= 11 is 0. The molecule has 0 saturated heterocycles. The first-order valence-electron chi connectivity index (χ1n) is 8.65. The van der Waals surface area contributed by atoms with Crippen molar-refractivity contribution in [2.24, 2.45) is 0 Å². The Balaban J connectivity index is 1.78. The van der Waals surface area contributed by atoms with E-state index in [0.717, 1.165) is 24.2 Å². The van der Waals surface area contributed by atoms with E-state index in [9.17, 15) is 4.79 Å². The molecule has 3 nitrogen and oxygen atoms in total. The first-order chi connectivity index (χ1) is 11.6. The number of carbonyl (C=O) groups excluding carboxylic acids is 1. The molecule has 0 unspecified atom stereocenters. The Hall–Kier alpha value is -2.29. The molecule has 3 heteroatoms. The van der Waals surface area contributed by atoms with Crippen LogP contribution in [0.5, 0.6) is 5.75 Å². The maximum Gasteiger partial charge on any atom is 0.260 e. The summed E-state index contributed by atoms with van der Waals surface area (Å²) in [5.41, 5.74) is 2.42. The second-order valence-electron chi connectivity index (χ2n) is 6.33. The molecule has 2 aromatic carbocycles. The first kappa shape index (κ1) is 18.1. The van der Waals surface area contributed by atoms with Crippen molar-refractivity contribution < 1.29 is 9.53 Å². The molecule has 0 bridgehead atoms. The third-order valence-corrected chi connectivity index (χ3v) is 4.00. The largest absolute Gasteiger partial charge is 0.481 e. The van der Waals surface area contributed by atoms with Gasteiger partial charge in [-0.1, -0.05) is 62.4 Å². The lowest BCUT2D eigenvalue weighted by atomic mass is 10.0. The molecule has 1 amide bonds. The van der Waals surface area contributed by atoms with Crippen molar-refractivity contribution in [3.63, 3.8) is 0 Å². The molecule has 0 radical (unpaired) electrons. The molecular formula is C21H27NO2. The topological polar surface area (TPSA) is 38.3 Å². The Morgan fingerprint density at radius 3 is 2.38 bits per heavy atom. The van der Waals surface area contributed by atoms with Crippen LogP contribution in [0.1, 0.15) is 44.2 Å². The minimum absolute atomic E-state index is 0.0679. The minimum Gasteiger partial charge on any atom is -0.481 e. The summed E-state index contributed by atoms with van der Waals surface area (Å²) in [6, 6.07) is 18.2. The van der Waals surface area contributed by atoms with Crippen LogP contribution in [-0.2, 0) is 11.2 Å². The van der Waals surface area contributed by atoms with Crippen molar-refractivity contribution in [2.45, 2.75) is 45.6 Å². The third kappa shape index (κ3) is 5.41. The van der Waals surface area contributed by atoms with E-state index in [-0.39, 0.29) is 5.91 Å². The predicted octanol–water partition coefficient (Wildman–Crippen LogP) is 4.33. The Labute approximate surface area is 145 Å². The van der Waals surface area contributed by atoms with Gasteiger partial charge in [0.1, 0.15) is 5.75 Å². The fraction of sp³-hybridized carbons (Fsp3) is 0.381. The van der Waals surface area contributed by atoms with E-state index < -0.39 is 6.10 Å². The maximum absolute atomic E-state index is 12.2. The summed E-state index contributed by atoms with van der Waals surface area (Å²) in [6.07, 6.45) is 1.39. The standard InChI is InChI=1S/C21H27NO2/c1-16(2)19-13-7-8-14-20(19)24-17(3)21(23)22-15-9-12-18-10-5-4-6-11-18/h4-8,10-11,13-14,16-17H,9,12,15H2,1-3H3,(H,22,23)/t17-/m0/s1. The fourth-order valence-corrected chi connectivity index (χ4v) is 2.60. The van der Waals surface area contributed by atoms with Crippen LogP contribution in [0.4, 0.5) is 0 Å². The lowest BCUT2D eigenvalue weighted by Crippen LogP contribution is -2.37.